The molecule has 0 saturated heterocycles. The number of hydrogen-bond acceptors (Lipinski definition) is 4. The Hall–Kier alpha value is -1.60. The Bertz CT molecular complexity index is 555. The Morgan fingerprint density at radius 3 is 2.33 bits per heavy atom. The number of thiazole rings is 1. The van der Waals surface area contributed by atoms with Crippen molar-refractivity contribution in [2.24, 2.45) is 0 Å². The summed E-state index contributed by atoms with van der Waals surface area (Å²) in [5.41, 5.74) is 0.882. The van der Waals surface area contributed by atoms with Gasteiger partial charge in [-0.05, 0) is 31.5 Å². The Morgan fingerprint density at radius 2 is 1.81 bits per heavy atom. The van der Waals surface area contributed by atoms with E-state index < -0.39 is 6.36 Å². The normalized spacial score (nSPS) is 14.7. The average Bonchev–Trinajstić information content (AvgIpc) is 2.91. The van der Waals surface area contributed by atoms with Gasteiger partial charge in [0.1, 0.15) is 10.8 Å². The fourth-order valence-electron chi connectivity index (χ4n) is 1.95. The molecule has 7 heteroatoms. The summed E-state index contributed by atoms with van der Waals surface area (Å²) in [6.45, 7) is 3.94. The Labute approximate surface area is 124 Å². The van der Waals surface area contributed by atoms with Crippen molar-refractivity contribution >= 4 is 11.3 Å². The molecule has 0 fully saturated rings. The maximum atomic E-state index is 12.1. The predicted molar refractivity (Wildman–Crippen MR) is 75.2 cm³/mol. The summed E-state index contributed by atoms with van der Waals surface area (Å²) >= 11 is 1.56. The summed E-state index contributed by atoms with van der Waals surface area (Å²) < 4.78 is 40.1. The predicted octanol–water partition coefficient (Wildman–Crippen LogP) is 4.45. The summed E-state index contributed by atoms with van der Waals surface area (Å²) in [5, 5.41) is 6.23. The van der Waals surface area contributed by atoms with Crippen molar-refractivity contribution in [3.63, 3.8) is 0 Å². The SMILES string of the molecule is CC(NC(C)c1nccs1)c1ccc(OC(F)(F)F)cc1. The second-order valence-electron chi connectivity index (χ2n) is 4.60. The van der Waals surface area contributed by atoms with Gasteiger partial charge in [0, 0.05) is 17.6 Å². The first-order valence-electron chi connectivity index (χ1n) is 6.36. The molecule has 2 atom stereocenters. The fraction of sp³-hybridized carbons (Fsp3) is 0.357. The lowest BCUT2D eigenvalue weighted by Gasteiger charge is -2.19. The molecule has 0 bridgehead atoms. The molecule has 0 radical (unpaired) electrons. The van der Waals surface area contributed by atoms with E-state index in [0.717, 1.165) is 10.6 Å². The molecule has 1 heterocycles. The number of alkyl halides is 3. The van der Waals surface area contributed by atoms with Gasteiger partial charge in [-0.25, -0.2) is 4.98 Å². The summed E-state index contributed by atoms with van der Waals surface area (Å²) in [7, 11) is 0. The number of rotatable bonds is 5. The zero-order chi connectivity index (χ0) is 15.5. The highest BCUT2D eigenvalue weighted by Gasteiger charge is 2.31. The highest BCUT2D eigenvalue weighted by atomic mass is 32.1. The summed E-state index contributed by atoms with van der Waals surface area (Å²) in [4.78, 5) is 4.23. The van der Waals surface area contributed by atoms with Crippen LogP contribution < -0.4 is 10.1 Å². The number of benzene rings is 1. The minimum Gasteiger partial charge on any atom is -0.406 e. The van der Waals surface area contributed by atoms with Crippen molar-refractivity contribution in [2.75, 3.05) is 0 Å². The fourth-order valence-corrected chi connectivity index (χ4v) is 2.60. The quantitative estimate of drug-likeness (QED) is 0.884. The van der Waals surface area contributed by atoms with E-state index in [2.05, 4.69) is 15.0 Å². The third kappa shape index (κ3) is 4.71. The van der Waals surface area contributed by atoms with E-state index in [9.17, 15) is 13.2 Å². The van der Waals surface area contributed by atoms with Crippen LogP contribution in [0.3, 0.4) is 0 Å². The van der Waals surface area contributed by atoms with Crippen LogP contribution in [-0.4, -0.2) is 11.3 Å². The second kappa shape index (κ2) is 6.44. The van der Waals surface area contributed by atoms with Crippen LogP contribution >= 0.6 is 11.3 Å². The van der Waals surface area contributed by atoms with Crippen molar-refractivity contribution in [1.82, 2.24) is 10.3 Å². The molecular weight excluding hydrogens is 301 g/mol. The van der Waals surface area contributed by atoms with E-state index in [1.165, 1.54) is 12.1 Å². The van der Waals surface area contributed by atoms with Gasteiger partial charge in [0.15, 0.2) is 0 Å². The van der Waals surface area contributed by atoms with E-state index in [1.54, 1.807) is 29.7 Å². The highest BCUT2D eigenvalue weighted by Crippen LogP contribution is 2.25. The van der Waals surface area contributed by atoms with E-state index in [1.807, 2.05) is 19.2 Å². The first-order valence-corrected chi connectivity index (χ1v) is 7.24. The van der Waals surface area contributed by atoms with Gasteiger partial charge in [-0.2, -0.15) is 0 Å². The van der Waals surface area contributed by atoms with Crippen molar-refractivity contribution in [1.29, 1.82) is 0 Å². The molecule has 0 amide bonds. The molecule has 0 aliphatic rings. The monoisotopic (exact) mass is 316 g/mol. The van der Waals surface area contributed by atoms with Gasteiger partial charge in [-0.1, -0.05) is 12.1 Å². The molecule has 2 unspecified atom stereocenters. The van der Waals surface area contributed by atoms with E-state index in [4.69, 9.17) is 0 Å². The molecule has 1 aromatic heterocycles. The molecule has 1 aromatic carbocycles. The number of nitrogens with zero attached hydrogens (tertiary/aromatic N) is 1. The Morgan fingerprint density at radius 1 is 1.14 bits per heavy atom. The average molecular weight is 316 g/mol. The molecule has 1 N–H and O–H groups in total. The maximum absolute atomic E-state index is 12.1. The van der Waals surface area contributed by atoms with Crippen LogP contribution in [0.25, 0.3) is 0 Å². The van der Waals surface area contributed by atoms with Crippen molar-refractivity contribution in [2.45, 2.75) is 32.3 Å². The van der Waals surface area contributed by atoms with Gasteiger partial charge in [0.2, 0.25) is 0 Å². The Kier molecular flexibility index (Phi) is 4.84. The topological polar surface area (TPSA) is 34.2 Å². The minimum atomic E-state index is -4.66. The van der Waals surface area contributed by atoms with Crippen molar-refractivity contribution < 1.29 is 17.9 Å². The lowest BCUT2D eigenvalue weighted by molar-refractivity contribution is -0.274. The summed E-state index contributed by atoms with van der Waals surface area (Å²) in [6, 6.07) is 5.93. The standard InChI is InChI=1S/C14H15F3N2OS/c1-9(19-10(2)13-18-7-8-21-13)11-3-5-12(6-4-11)20-14(15,16)17/h3-10,19H,1-2H3. The van der Waals surface area contributed by atoms with Crippen LogP contribution in [0.2, 0.25) is 0 Å². The third-order valence-corrected chi connectivity index (χ3v) is 3.89. The number of ether oxygens (including phenoxy) is 1. The molecule has 114 valence electrons. The van der Waals surface area contributed by atoms with Crippen LogP contribution in [0.15, 0.2) is 35.8 Å². The first kappa shape index (κ1) is 15.8. The maximum Gasteiger partial charge on any atom is 0.573 e. The largest absolute Gasteiger partial charge is 0.573 e. The highest BCUT2D eigenvalue weighted by molar-refractivity contribution is 7.09. The molecule has 0 aliphatic carbocycles. The molecule has 0 aliphatic heterocycles. The smallest absolute Gasteiger partial charge is 0.406 e. The molecule has 21 heavy (non-hydrogen) atoms. The van der Waals surface area contributed by atoms with Gasteiger partial charge in [0.05, 0.1) is 6.04 Å². The molecule has 0 spiro atoms. The molecule has 3 nitrogen and oxygen atoms in total. The molecule has 2 aromatic rings. The lowest BCUT2D eigenvalue weighted by atomic mass is 10.1. The van der Waals surface area contributed by atoms with Gasteiger partial charge in [-0.15, -0.1) is 24.5 Å². The molecule has 2 rings (SSSR count). The number of nitrogens with one attached hydrogen (secondary N) is 1. The number of halogens is 3. The third-order valence-electron chi connectivity index (χ3n) is 2.94. The minimum absolute atomic E-state index is 0.0103. The van der Waals surface area contributed by atoms with Gasteiger partial charge >= 0.3 is 6.36 Å². The number of aromatic nitrogens is 1. The summed E-state index contributed by atoms with van der Waals surface area (Å²) in [6.07, 6.45) is -2.92. The van der Waals surface area contributed by atoms with Gasteiger partial charge < -0.3 is 10.1 Å². The lowest BCUT2D eigenvalue weighted by Crippen LogP contribution is -2.22. The molecule has 0 saturated carbocycles. The first-order chi connectivity index (χ1) is 9.85. The zero-order valence-electron chi connectivity index (χ0n) is 11.5. The van der Waals surface area contributed by atoms with Crippen LogP contribution in [0.1, 0.15) is 36.5 Å². The van der Waals surface area contributed by atoms with Gasteiger partial charge in [-0.3, -0.25) is 0 Å². The van der Waals surface area contributed by atoms with Crippen LogP contribution in [0, 0.1) is 0 Å². The number of hydrogen-bond donors (Lipinski definition) is 1. The summed E-state index contributed by atoms with van der Waals surface area (Å²) in [5.74, 6) is -0.216. The van der Waals surface area contributed by atoms with Crippen LogP contribution in [-0.2, 0) is 0 Å². The van der Waals surface area contributed by atoms with E-state index in [0.29, 0.717) is 0 Å². The Balaban J connectivity index is 1.98. The van der Waals surface area contributed by atoms with E-state index >= 15 is 0 Å². The van der Waals surface area contributed by atoms with Gasteiger partial charge in [0.25, 0.3) is 0 Å². The van der Waals surface area contributed by atoms with Crippen LogP contribution in [0.5, 0.6) is 5.75 Å². The second-order valence-corrected chi connectivity index (χ2v) is 5.52. The van der Waals surface area contributed by atoms with Crippen molar-refractivity contribution in [3.8, 4) is 5.75 Å². The zero-order valence-corrected chi connectivity index (χ0v) is 12.3. The van der Waals surface area contributed by atoms with E-state index in [-0.39, 0.29) is 17.8 Å². The van der Waals surface area contributed by atoms with Crippen LogP contribution in [0.4, 0.5) is 13.2 Å². The van der Waals surface area contributed by atoms with Crippen molar-refractivity contribution in [3.05, 3.63) is 46.4 Å². The molecular formula is C14H15F3N2OS.